The number of nitrogens with zero attached hydrogens (tertiary/aromatic N) is 1. The maximum atomic E-state index is 5.34. The zero-order valence-corrected chi connectivity index (χ0v) is 12.4. The van der Waals surface area contributed by atoms with Crippen LogP contribution >= 0.6 is 12.2 Å². The number of anilines is 1. The molecule has 0 aliphatic rings. The van der Waals surface area contributed by atoms with Crippen molar-refractivity contribution < 1.29 is 0 Å². The third-order valence-corrected chi connectivity index (χ3v) is 2.93. The summed E-state index contributed by atoms with van der Waals surface area (Å²) in [5, 5.41) is 3.47. The van der Waals surface area contributed by atoms with E-state index >= 15 is 0 Å². The van der Waals surface area contributed by atoms with Crippen LogP contribution in [0.3, 0.4) is 0 Å². The van der Waals surface area contributed by atoms with Crippen LogP contribution in [0.1, 0.15) is 37.8 Å². The minimum Gasteiger partial charge on any atom is -0.370 e. The molecule has 0 unspecified atom stereocenters. The van der Waals surface area contributed by atoms with Gasteiger partial charge in [0.05, 0.1) is 0 Å². The van der Waals surface area contributed by atoms with E-state index in [9.17, 15) is 0 Å². The lowest BCUT2D eigenvalue weighted by atomic mass is 10.0. The number of nitrogens with two attached hydrogens (primary N) is 2. The lowest BCUT2D eigenvalue weighted by molar-refractivity contribution is 0.899. The van der Waals surface area contributed by atoms with Gasteiger partial charge in [-0.25, -0.2) is 0 Å². The van der Waals surface area contributed by atoms with E-state index < -0.39 is 0 Å². The monoisotopic (exact) mass is 278 g/mol. The van der Waals surface area contributed by atoms with Gasteiger partial charge in [-0.15, -0.1) is 0 Å². The molecule has 0 radical (unpaired) electrons. The van der Waals surface area contributed by atoms with Crippen LogP contribution in [-0.4, -0.2) is 11.1 Å². The molecule has 19 heavy (non-hydrogen) atoms. The highest BCUT2D eigenvalue weighted by molar-refractivity contribution is 7.80. The average Bonchev–Trinajstić information content (AvgIpc) is 2.32. The first-order valence-corrected chi connectivity index (χ1v) is 7.00. The number of nitrogens with one attached hydrogen (secondary N) is 1. The van der Waals surface area contributed by atoms with Crippen LogP contribution < -0.4 is 16.8 Å². The summed E-state index contributed by atoms with van der Waals surface area (Å²) in [6.45, 7) is 4.31. The molecule has 104 valence electrons. The largest absolute Gasteiger partial charge is 0.370 e. The lowest BCUT2D eigenvalue weighted by Gasteiger charge is -2.15. The molecule has 0 saturated carbocycles. The van der Waals surface area contributed by atoms with Crippen molar-refractivity contribution in [3.8, 4) is 0 Å². The van der Waals surface area contributed by atoms with Gasteiger partial charge in [0, 0.05) is 5.69 Å². The fraction of sp³-hybridized carbons (Fsp3) is 0.429. The maximum Gasteiger partial charge on any atom is 0.200 e. The van der Waals surface area contributed by atoms with Gasteiger partial charge >= 0.3 is 0 Å². The van der Waals surface area contributed by atoms with Crippen molar-refractivity contribution in [2.75, 3.05) is 5.32 Å². The van der Waals surface area contributed by atoms with Gasteiger partial charge in [-0.1, -0.05) is 44.9 Å². The zero-order chi connectivity index (χ0) is 14.3. The number of hydrogen-bond acceptors (Lipinski definition) is 1. The SMILES string of the molecule is CCCc1cccc(CCC)c1NC(=S)N=C(N)N. The third-order valence-electron chi connectivity index (χ3n) is 2.74. The predicted octanol–water partition coefficient (Wildman–Crippen LogP) is 2.56. The Bertz CT molecular complexity index is 440. The van der Waals surface area contributed by atoms with Gasteiger partial charge in [-0.3, -0.25) is 0 Å². The van der Waals surface area contributed by atoms with Crippen LogP contribution in [0, 0.1) is 0 Å². The predicted molar refractivity (Wildman–Crippen MR) is 86.5 cm³/mol. The molecule has 0 amide bonds. The van der Waals surface area contributed by atoms with Crippen LogP contribution in [0.4, 0.5) is 5.69 Å². The molecule has 0 atom stereocenters. The molecule has 5 heteroatoms. The summed E-state index contributed by atoms with van der Waals surface area (Å²) in [5.74, 6) is -0.0254. The topological polar surface area (TPSA) is 76.4 Å². The summed E-state index contributed by atoms with van der Waals surface area (Å²) < 4.78 is 0. The van der Waals surface area contributed by atoms with E-state index in [-0.39, 0.29) is 5.96 Å². The Labute approximate surface area is 120 Å². The number of para-hydroxylation sites is 1. The van der Waals surface area contributed by atoms with E-state index in [1.165, 1.54) is 11.1 Å². The van der Waals surface area contributed by atoms with Crippen molar-refractivity contribution >= 4 is 29.0 Å². The molecule has 0 aliphatic heterocycles. The van der Waals surface area contributed by atoms with E-state index in [1.807, 2.05) is 0 Å². The molecule has 0 spiro atoms. The van der Waals surface area contributed by atoms with Gasteiger partial charge in [-0.05, 0) is 36.2 Å². The molecule has 0 aliphatic carbocycles. The Morgan fingerprint density at radius 2 is 1.68 bits per heavy atom. The van der Waals surface area contributed by atoms with Crippen LogP contribution in [0.5, 0.6) is 0 Å². The first-order valence-electron chi connectivity index (χ1n) is 6.59. The molecule has 1 aromatic carbocycles. The summed E-state index contributed by atoms with van der Waals surface area (Å²) in [6, 6.07) is 6.32. The number of benzene rings is 1. The van der Waals surface area contributed by atoms with Crippen LogP contribution in [0.15, 0.2) is 23.2 Å². The maximum absolute atomic E-state index is 5.34. The van der Waals surface area contributed by atoms with Gasteiger partial charge in [0.15, 0.2) is 5.96 Å². The summed E-state index contributed by atoms with van der Waals surface area (Å²) in [5.41, 5.74) is 14.2. The molecule has 0 saturated heterocycles. The number of aliphatic imine (C=N–C) groups is 1. The normalized spacial score (nSPS) is 10.0. The van der Waals surface area contributed by atoms with Crippen molar-refractivity contribution in [1.29, 1.82) is 0 Å². The minimum absolute atomic E-state index is 0.0254. The van der Waals surface area contributed by atoms with Gasteiger partial charge < -0.3 is 16.8 Å². The van der Waals surface area contributed by atoms with Crippen molar-refractivity contribution in [2.45, 2.75) is 39.5 Å². The van der Waals surface area contributed by atoms with Crippen molar-refractivity contribution in [3.05, 3.63) is 29.3 Å². The van der Waals surface area contributed by atoms with Crippen LogP contribution in [-0.2, 0) is 12.8 Å². The Morgan fingerprint density at radius 1 is 1.16 bits per heavy atom. The van der Waals surface area contributed by atoms with E-state index in [2.05, 4.69) is 42.4 Å². The number of rotatable bonds is 5. The fourth-order valence-electron chi connectivity index (χ4n) is 2.02. The molecule has 0 bridgehead atoms. The van der Waals surface area contributed by atoms with Gasteiger partial charge in [0.25, 0.3) is 0 Å². The summed E-state index contributed by atoms with van der Waals surface area (Å²) in [4.78, 5) is 3.87. The molecule has 1 rings (SSSR count). The quantitative estimate of drug-likeness (QED) is 0.439. The second kappa shape index (κ2) is 7.74. The van der Waals surface area contributed by atoms with Crippen LogP contribution in [0.2, 0.25) is 0 Å². The highest BCUT2D eigenvalue weighted by Crippen LogP contribution is 2.24. The summed E-state index contributed by atoms with van der Waals surface area (Å²) in [7, 11) is 0. The fourth-order valence-corrected chi connectivity index (χ4v) is 2.23. The second-order valence-electron chi connectivity index (χ2n) is 4.42. The molecular formula is C14H22N4S. The first-order chi connectivity index (χ1) is 9.08. The van der Waals surface area contributed by atoms with E-state index in [0.29, 0.717) is 5.11 Å². The Kier molecular flexibility index (Phi) is 6.29. The highest BCUT2D eigenvalue weighted by atomic mass is 32.1. The molecule has 0 heterocycles. The number of aryl methyl sites for hydroxylation is 2. The van der Waals surface area contributed by atoms with E-state index in [4.69, 9.17) is 23.7 Å². The lowest BCUT2D eigenvalue weighted by Crippen LogP contribution is -2.25. The Morgan fingerprint density at radius 3 is 2.11 bits per heavy atom. The Hall–Kier alpha value is -1.62. The molecule has 1 aromatic rings. The molecule has 4 nitrogen and oxygen atoms in total. The average molecular weight is 278 g/mol. The number of hydrogen-bond donors (Lipinski definition) is 3. The summed E-state index contributed by atoms with van der Waals surface area (Å²) in [6.07, 6.45) is 4.17. The molecule has 0 fully saturated rings. The molecule has 0 aromatic heterocycles. The minimum atomic E-state index is -0.0254. The van der Waals surface area contributed by atoms with Gasteiger partial charge in [-0.2, -0.15) is 4.99 Å². The van der Waals surface area contributed by atoms with Crippen molar-refractivity contribution in [3.63, 3.8) is 0 Å². The molecular weight excluding hydrogens is 256 g/mol. The van der Waals surface area contributed by atoms with Gasteiger partial charge in [0.2, 0.25) is 5.11 Å². The third kappa shape index (κ3) is 4.87. The van der Waals surface area contributed by atoms with E-state index in [1.54, 1.807) is 0 Å². The second-order valence-corrected chi connectivity index (χ2v) is 4.80. The molecule has 5 N–H and O–H groups in total. The highest BCUT2D eigenvalue weighted by Gasteiger charge is 2.08. The standard InChI is InChI=1S/C14H22N4S/c1-3-6-10-8-5-9-11(7-4-2)12(10)17-14(19)18-13(15)16/h5,8-9H,3-4,6-7H2,1-2H3,(H5,15,16,17,18,19). The van der Waals surface area contributed by atoms with Gasteiger partial charge in [0.1, 0.15) is 0 Å². The number of thiocarbonyl (C=S) groups is 1. The van der Waals surface area contributed by atoms with Crippen LogP contribution in [0.25, 0.3) is 0 Å². The van der Waals surface area contributed by atoms with Crippen molar-refractivity contribution in [2.24, 2.45) is 16.5 Å². The smallest absolute Gasteiger partial charge is 0.200 e. The zero-order valence-electron chi connectivity index (χ0n) is 11.6. The summed E-state index contributed by atoms with van der Waals surface area (Å²) >= 11 is 5.14. The first kappa shape index (κ1) is 15.4. The van der Waals surface area contributed by atoms with E-state index in [0.717, 1.165) is 31.4 Å². The Balaban J connectivity index is 3.06. The number of guanidine groups is 1. The van der Waals surface area contributed by atoms with Crippen molar-refractivity contribution in [1.82, 2.24) is 0 Å².